The second kappa shape index (κ2) is 9.83. The van der Waals surface area contributed by atoms with E-state index in [0.717, 1.165) is 15.4 Å². The summed E-state index contributed by atoms with van der Waals surface area (Å²) in [5, 5.41) is 3.57. The second-order valence-corrected chi connectivity index (χ2v) is 9.97. The Hall–Kier alpha value is -2.38. The Morgan fingerprint density at radius 3 is 2.32 bits per heavy atom. The lowest BCUT2D eigenvalue weighted by atomic mass is 10.1. The van der Waals surface area contributed by atoms with Gasteiger partial charge in [0, 0.05) is 22.3 Å². The molecule has 5 nitrogen and oxygen atoms in total. The van der Waals surface area contributed by atoms with Crippen LogP contribution >= 0.6 is 23.2 Å². The first kappa shape index (κ1) is 23.3. The number of anilines is 1. The van der Waals surface area contributed by atoms with Crippen molar-refractivity contribution in [2.24, 2.45) is 0 Å². The lowest BCUT2D eigenvalue weighted by molar-refractivity contribution is -0.116. The van der Waals surface area contributed by atoms with Gasteiger partial charge in [0.1, 0.15) is 0 Å². The highest BCUT2D eigenvalue weighted by Gasteiger charge is 2.27. The molecule has 0 saturated heterocycles. The number of sulfonamides is 1. The molecule has 0 saturated carbocycles. The topological polar surface area (TPSA) is 66.5 Å². The normalized spacial score (nSPS) is 11.5. The van der Waals surface area contributed by atoms with Crippen LogP contribution in [0.25, 0.3) is 0 Å². The maximum Gasteiger partial charge on any atom is 0.243 e. The van der Waals surface area contributed by atoms with Gasteiger partial charge in [0.25, 0.3) is 0 Å². The number of benzene rings is 3. The van der Waals surface area contributed by atoms with E-state index in [1.54, 1.807) is 42.5 Å². The van der Waals surface area contributed by atoms with Crippen molar-refractivity contribution in [3.63, 3.8) is 0 Å². The van der Waals surface area contributed by atoms with Crippen molar-refractivity contribution in [2.45, 2.75) is 25.3 Å². The zero-order valence-corrected chi connectivity index (χ0v) is 19.4. The molecule has 3 aromatic rings. The SMILES string of the molecule is Cc1ccc(NC(=O)CN(Cc2ccc(Cl)cc2Cl)S(=O)(=O)c2ccccc2)c(C)c1. The van der Waals surface area contributed by atoms with Crippen molar-refractivity contribution < 1.29 is 13.2 Å². The van der Waals surface area contributed by atoms with Gasteiger partial charge in [-0.05, 0) is 55.3 Å². The fraction of sp³-hybridized carbons (Fsp3) is 0.174. The largest absolute Gasteiger partial charge is 0.325 e. The molecule has 0 aliphatic carbocycles. The third kappa shape index (κ3) is 5.86. The van der Waals surface area contributed by atoms with Crippen molar-refractivity contribution in [3.8, 4) is 0 Å². The summed E-state index contributed by atoms with van der Waals surface area (Å²) in [5.41, 5.74) is 3.15. The summed E-state index contributed by atoms with van der Waals surface area (Å²) < 4.78 is 27.7. The first-order chi connectivity index (χ1) is 14.7. The number of hydrogen-bond donors (Lipinski definition) is 1. The molecule has 0 fully saturated rings. The molecule has 3 aromatic carbocycles. The van der Waals surface area contributed by atoms with Crippen molar-refractivity contribution in [1.82, 2.24) is 4.31 Å². The highest BCUT2D eigenvalue weighted by molar-refractivity contribution is 7.89. The number of halogens is 2. The molecule has 162 valence electrons. The molecule has 0 aromatic heterocycles. The summed E-state index contributed by atoms with van der Waals surface area (Å²) in [6, 6.07) is 18.4. The number of rotatable bonds is 7. The van der Waals surface area contributed by atoms with E-state index in [1.165, 1.54) is 12.1 Å². The van der Waals surface area contributed by atoms with Crippen LogP contribution in [0, 0.1) is 13.8 Å². The number of carbonyl (C=O) groups excluding carboxylic acids is 1. The standard InChI is InChI=1S/C23H22Cl2N2O3S/c1-16-8-11-22(17(2)12-16)26-23(28)15-27(14-18-9-10-19(24)13-21(18)25)31(29,30)20-6-4-3-5-7-20/h3-13H,14-15H2,1-2H3,(H,26,28). The van der Waals surface area contributed by atoms with E-state index in [0.29, 0.717) is 21.3 Å². The number of hydrogen-bond acceptors (Lipinski definition) is 3. The number of aryl methyl sites for hydroxylation is 2. The Balaban J connectivity index is 1.90. The van der Waals surface area contributed by atoms with Gasteiger partial charge < -0.3 is 5.32 Å². The van der Waals surface area contributed by atoms with Gasteiger partial charge in [0.15, 0.2) is 0 Å². The minimum Gasteiger partial charge on any atom is -0.325 e. The van der Waals surface area contributed by atoms with Gasteiger partial charge in [0.2, 0.25) is 15.9 Å². The van der Waals surface area contributed by atoms with Crippen LogP contribution in [-0.2, 0) is 21.4 Å². The predicted octanol–water partition coefficient (Wildman–Crippen LogP) is 5.44. The molecule has 0 unspecified atom stereocenters. The molecule has 0 atom stereocenters. The van der Waals surface area contributed by atoms with E-state index < -0.39 is 15.9 Å². The molecule has 0 heterocycles. The molecule has 31 heavy (non-hydrogen) atoms. The summed E-state index contributed by atoms with van der Waals surface area (Å²) in [5.74, 6) is -0.448. The first-order valence-electron chi connectivity index (χ1n) is 9.53. The van der Waals surface area contributed by atoms with Crippen LogP contribution in [0.2, 0.25) is 10.0 Å². The molecule has 0 bridgehead atoms. The molecule has 1 amide bonds. The van der Waals surface area contributed by atoms with E-state index in [-0.39, 0.29) is 18.0 Å². The zero-order valence-electron chi connectivity index (χ0n) is 17.1. The summed E-state index contributed by atoms with van der Waals surface area (Å²) >= 11 is 12.2. The van der Waals surface area contributed by atoms with Crippen LogP contribution in [0.4, 0.5) is 5.69 Å². The Labute approximate surface area is 192 Å². The Morgan fingerprint density at radius 1 is 0.968 bits per heavy atom. The molecule has 1 N–H and O–H groups in total. The molecular formula is C23H22Cl2N2O3S. The van der Waals surface area contributed by atoms with Crippen LogP contribution < -0.4 is 5.32 Å². The zero-order chi connectivity index (χ0) is 22.6. The second-order valence-electron chi connectivity index (χ2n) is 7.19. The summed E-state index contributed by atoms with van der Waals surface area (Å²) in [7, 11) is -3.95. The average molecular weight is 477 g/mol. The number of nitrogens with zero attached hydrogens (tertiary/aromatic N) is 1. The summed E-state index contributed by atoms with van der Waals surface area (Å²) in [4.78, 5) is 12.9. The quantitative estimate of drug-likeness (QED) is 0.493. The van der Waals surface area contributed by atoms with Crippen molar-refractivity contribution >= 4 is 44.8 Å². The van der Waals surface area contributed by atoms with Gasteiger partial charge in [-0.1, -0.05) is 65.2 Å². The molecule has 0 spiro atoms. The van der Waals surface area contributed by atoms with Crippen molar-refractivity contribution in [1.29, 1.82) is 0 Å². The highest BCUT2D eigenvalue weighted by Crippen LogP contribution is 2.25. The highest BCUT2D eigenvalue weighted by atomic mass is 35.5. The van der Waals surface area contributed by atoms with Gasteiger partial charge in [0.05, 0.1) is 11.4 Å². The monoisotopic (exact) mass is 476 g/mol. The van der Waals surface area contributed by atoms with Crippen molar-refractivity contribution in [2.75, 3.05) is 11.9 Å². The number of carbonyl (C=O) groups is 1. The third-order valence-electron chi connectivity index (χ3n) is 4.72. The molecule has 0 aliphatic rings. The molecule has 3 rings (SSSR count). The molecule has 0 radical (unpaired) electrons. The average Bonchev–Trinajstić information content (AvgIpc) is 2.72. The van der Waals surface area contributed by atoms with Gasteiger partial charge in [-0.25, -0.2) is 8.42 Å². The maximum absolute atomic E-state index is 13.3. The van der Waals surface area contributed by atoms with Crippen molar-refractivity contribution in [3.05, 3.63) is 93.5 Å². The van der Waals surface area contributed by atoms with Gasteiger partial charge in [-0.15, -0.1) is 0 Å². The minimum absolute atomic E-state index is 0.0759. The Bertz CT molecular complexity index is 1200. The summed E-state index contributed by atoms with van der Waals surface area (Å²) in [6.07, 6.45) is 0. The van der Waals surface area contributed by atoms with E-state index in [1.807, 2.05) is 26.0 Å². The van der Waals surface area contributed by atoms with Gasteiger partial charge in [-0.3, -0.25) is 4.79 Å². The number of amides is 1. The summed E-state index contributed by atoms with van der Waals surface area (Å²) in [6.45, 7) is 3.40. The molecular weight excluding hydrogens is 455 g/mol. The molecule has 0 aliphatic heterocycles. The first-order valence-corrected chi connectivity index (χ1v) is 11.7. The van der Waals surface area contributed by atoms with E-state index in [2.05, 4.69) is 5.32 Å². The van der Waals surface area contributed by atoms with Gasteiger partial charge >= 0.3 is 0 Å². The van der Waals surface area contributed by atoms with Crippen LogP contribution in [0.5, 0.6) is 0 Å². The number of nitrogens with one attached hydrogen (secondary N) is 1. The lowest BCUT2D eigenvalue weighted by Gasteiger charge is -2.23. The predicted molar refractivity (Wildman–Crippen MR) is 125 cm³/mol. The third-order valence-corrected chi connectivity index (χ3v) is 7.11. The van der Waals surface area contributed by atoms with Crippen LogP contribution in [-0.4, -0.2) is 25.2 Å². The molecule has 8 heteroatoms. The fourth-order valence-corrected chi connectivity index (χ4v) is 4.97. The van der Waals surface area contributed by atoms with E-state index >= 15 is 0 Å². The van der Waals surface area contributed by atoms with E-state index in [4.69, 9.17) is 23.2 Å². The maximum atomic E-state index is 13.3. The van der Waals surface area contributed by atoms with Crippen LogP contribution in [0.3, 0.4) is 0 Å². The Morgan fingerprint density at radius 2 is 1.68 bits per heavy atom. The fourth-order valence-electron chi connectivity index (χ4n) is 3.11. The minimum atomic E-state index is -3.95. The van der Waals surface area contributed by atoms with Gasteiger partial charge in [-0.2, -0.15) is 4.31 Å². The smallest absolute Gasteiger partial charge is 0.243 e. The van der Waals surface area contributed by atoms with Crippen LogP contribution in [0.15, 0.2) is 71.6 Å². The lowest BCUT2D eigenvalue weighted by Crippen LogP contribution is -2.37. The van der Waals surface area contributed by atoms with E-state index in [9.17, 15) is 13.2 Å². The van der Waals surface area contributed by atoms with Crippen LogP contribution in [0.1, 0.15) is 16.7 Å². The Kier molecular flexibility index (Phi) is 7.38.